The van der Waals surface area contributed by atoms with E-state index in [4.69, 9.17) is 0 Å². The van der Waals surface area contributed by atoms with Gasteiger partial charge in [0, 0.05) is 0 Å². The first-order valence-corrected chi connectivity index (χ1v) is 5.74. The lowest BCUT2D eigenvalue weighted by atomic mass is 10.0. The highest BCUT2D eigenvalue weighted by Crippen LogP contribution is 2.25. The van der Waals surface area contributed by atoms with E-state index in [1.54, 1.807) is 0 Å². The van der Waals surface area contributed by atoms with Gasteiger partial charge in [-0.25, -0.2) is 0 Å². The number of thiol groups is 1. The highest BCUT2D eigenvalue weighted by atomic mass is 32.1. The summed E-state index contributed by atoms with van der Waals surface area (Å²) < 4.78 is 0. The molecule has 4 heteroatoms. The topological polar surface area (TPSA) is 40.5 Å². The van der Waals surface area contributed by atoms with E-state index in [9.17, 15) is 10.2 Å². The van der Waals surface area contributed by atoms with E-state index in [0.717, 1.165) is 11.1 Å². The van der Waals surface area contributed by atoms with Crippen molar-refractivity contribution in [2.45, 2.75) is 25.6 Å². The lowest BCUT2D eigenvalue weighted by Crippen LogP contribution is -2.18. The Labute approximate surface area is 87.6 Å². The van der Waals surface area contributed by atoms with Crippen molar-refractivity contribution in [2.24, 2.45) is 0 Å². The molecular weight excluding hydrogens is 204 g/mol. The average molecular weight is 218 g/mol. The normalized spacial score (nSPS) is 15.7. The van der Waals surface area contributed by atoms with Crippen molar-refractivity contribution in [1.82, 2.24) is 0 Å². The maximum Gasteiger partial charge on any atom is 0.106 e. The summed E-state index contributed by atoms with van der Waals surface area (Å²) in [5.74, 6) is 0.585. The van der Waals surface area contributed by atoms with Gasteiger partial charge < -0.3 is 10.2 Å². The van der Waals surface area contributed by atoms with E-state index in [-0.39, 0.29) is 0 Å². The Morgan fingerprint density at radius 3 is 2.62 bits per heavy atom. The van der Waals surface area contributed by atoms with Crippen molar-refractivity contribution in [3.05, 3.63) is 21.9 Å². The van der Waals surface area contributed by atoms with Crippen molar-refractivity contribution in [2.75, 3.05) is 5.75 Å². The zero-order valence-electron chi connectivity index (χ0n) is 7.47. The van der Waals surface area contributed by atoms with Crippen LogP contribution in [0.3, 0.4) is 0 Å². The molecule has 0 fully saturated rings. The molecule has 0 aliphatic heterocycles. The van der Waals surface area contributed by atoms with Crippen LogP contribution in [0.25, 0.3) is 0 Å². The van der Waals surface area contributed by atoms with Gasteiger partial charge in [0.25, 0.3) is 0 Å². The maximum absolute atomic E-state index is 9.71. The van der Waals surface area contributed by atoms with E-state index < -0.39 is 12.2 Å². The molecule has 2 unspecified atom stereocenters. The zero-order valence-corrected chi connectivity index (χ0v) is 9.18. The highest BCUT2D eigenvalue weighted by molar-refractivity contribution is 7.80. The Kier molecular flexibility index (Phi) is 4.25. The smallest absolute Gasteiger partial charge is 0.106 e. The van der Waals surface area contributed by atoms with Crippen LogP contribution >= 0.6 is 24.0 Å². The predicted octanol–water partition coefficient (Wildman–Crippen LogP) is 1.77. The molecule has 0 bridgehead atoms. The largest absolute Gasteiger partial charge is 0.390 e. The van der Waals surface area contributed by atoms with Gasteiger partial charge >= 0.3 is 0 Å². The molecule has 0 saturated heterocycles. The summed E-state index contributed by atoms with van der Waals surface area (Å²) in [6.45, 7) is 1.93. The molecule has 0 spiro atoms. The summed E-state index contributed by atoms with van der Waals surface area (Å²) in [4.78, 5) is 0. The first-order chi connectivity index (χ1) is 6.16. The lowest BCUT2D eigenvalue weighted by Gasteiger charge is -2.16. The van der Waals surface area contributed by atoms with Crippen molar-refractivity contribution >= 4 is 24.0 Å². The molecule has 1 aromatic rings. The molecule has 0 amide bonds. The maximum atomic E-state index is 9.71. The number of aliphatic hydroxyl groups is 2. The van der Waals surface area contributed by atoms with E-state index >= 15 is 0 Å². The highest BCUT2D eigenvalue weighted by Gasteiger charge is 2.19. The van der Waals surface area contributed by atoms with Gasteiger partial charge in [0.15, 0.2) is 0 Å². The van der Waals surface area contributed by atoms with Crippen LogP contribution < -0.4 is 0 Å². The zero-order chi connectivity index (χ0) is 9.84. The van der Waals surface area contributed by atoms with Gasteiger partial charge in [0.05, 0.1) is 6.10 Å². The van der Waals surface area contributed by atoms with Gasteiger partial charge in [0.1, 0.15) is 6.10 Å². The quantitative estimate of drug-likeness (QED) is 0.674. The summed E-state index contributed by atoms with van der Waals surface area (Å²) >= 11 is 5.55. The Morgan fingerprint density at radius 2 is 2.15 bits per heavy atom. The van der Waals surface area contributed by atoms with Gasteiger partial charge in [-0.05, 0) is 41.0 Å². The number of hydrogen-bond acceptors (Lipinski definition) is 4. The summed E-state index contributed by atoms with van der Waals surface area (Å²) in [6.07, 6.45) is -0.955. The monoisotopic (exact) mass is 218 g/mol. The van der Waals surface area contributed by atoms with Crippen LogP contribution in [0.15, 0.2) is 10.8 Å². The number of aryl methyl sites for hydroxylation is 1. The Bertz CT molecular complexity index is 260. The van der Waals surface area contributed by atoms with Crippen molar-refractivity contribution < 1.29 is 10.2 Å². The van der Waals surface area contributed by atoms with E-state index in [1.165, 1.54) is 11.3 Å². The third kappa shape index (κ3) is 2.71. The van der Waals surface area contributed by atoms with Crippen LogP contribution in [0.5, 0.6) is 0 Å². The number of aliphatic hydroxyl groups excluding tert-OH is 2. The molecule has 0 aliphatic carbocycles. The van der Waals surface area contributed by atoms with Crippen LogP contribution in [-0.4, -0.2) is 22.1 Å². The Hall–Kier alpha value is -0.0300. The van der Waals surface area contributed by atoms with Gasteiger partial charge in [-0.2, -0.15) is 24.0 Å². The molecule has 2 atom stereocenters. The SMILES string of the molecule is Cc1cscc1C(O)C(O)CCS. The van der Waals surface area contributed by atoms with Crippen LogP contribution in [0, 0.1) is 6.92 Å². The molecule has 0 aromatic carbocycles. The minimum Gasteiger partial charge on any atom is -0.390 e. The third-order valence-corrected chi connectivity index (χ3v) is 3.14. The Morgan fingerprint density at radius 1 is 1.46 bits per heavy atom. The van der Waals surface area contributed by atoms with Crippen molar-refractivity contribution in [1.29, 1.82) is 0 Å². The van der Waals surface area contributed by atoms with E-state index in [1.807, 2.05) is 17.7 Å². The molecule has 0 saturated carbocycles. The summed E-state index contributed by atoms with van der Waals surface area (Å²) in [5, 5.41) is 23.1. The fourth-order valence-corrected chi connectivity index (χ4v) is 2.32. The molecule has 0 aliphatic rings. The molecule has 1 rings (SSSR count). The number of rotatable bonds is 4. The Balaban J connectivity index is 2.67. The standard InChI is InChI=1S/C9H14O2S2/c1-6-4-13-5-7(6)9(11)8(10)2-3-12/h4-5,8-12H,2-3H2,1H3. The third-order valence-electron chi connectivity index (χ3n) is 2.00. The van der Waals surface area contributed by atoms with Crippen LogP contribution in [0.4, 0.5) is 0 Å². The average Bonchev–Trinajstić information content (AvgIpc) is 2.50. The van der Waals surface area contributed by atoms with Gasteiger partial charge in [-0.15, -0.1) is 0 Å². The molecule has 2 nitrogen and oxygen atoms in total. The molecule has 13 heavy (non-hydrogen) atoms. The summed E-state index contributed by atoms with van der Waals surface area (Å²) in [6, 6.07) is 0. The number of thiophene rings is 1. The molecule has 1 aromatic heterocycles. The van der Waals surface area contributed by atoms with Crippen molar-refractivity contribution in [3.63, 3.8) is 0 Å². The van der Waals surface area contributed by atoms with Gasteiger partial charge in [0.2, 0.25) is 0 Å². The fraction of sp³-hybridized carbons (Fsp3) is 0.556. The summed E-state index contributed by atoms with van der Waals surface area (Å²) in [5.41, 5.74) is 1.87. The second-order valence-electron chi connectivity index (χ2n) is 3.03. The molecular formula is C9H14O2S2. The first-order valence-electron chi connectivity index (χ1n) is 4.16. The van der Waals surface area contributed by atoms with E-state index in [2.05, 4.69) is 12.6 Å². The second kappa shape index (κ2) is 5.00. The number of hydrogen-bond donors (Lipinski definition) is 3. The van der Waals surface area contributed by atoms with Gasteiger partial charge in [-0.1, -0.05) is 0 Å². The fourth-order valence-electron chi connectivity index (χ4n) is 1.17. The lowest BCUT2D eigenvalue weighted by molar-refractivity contribution is 0.0171. The molecule has 1 heterocycles. The van der Waals surface area contributed by atoms with Crippen molar-refractivity contribution in [3.8, 4) is 0 Å². The van der Waals surface area contributed by atoms with Gasteiger partial charge in [-0.3, -0.25) is 0 Å². The van der Waals surface area contributed by atoms with Crippen LogP contribution in [0.1, 0.15) is 23.7 Å². The van der Waals surface area contributed by atoms with Crippen LogP contribution in [-0.2, 0) is 0 Å². The minimum absolute atomic E-state index is 0.513. The minimum atomic E-state index is -0.765. The predicted molar refractivity (Wildman–Crippen MR) is 58.5 cm³/mol. The van der Waals surface area contributed by atoms with E-state index in [0.29, 0.717) is 12.2 Å². The molecule has 2 N–H and O–H groups in total. The summed E-state index contributed by atoms with van der Waals surface area (Å²) in [7, 11) is 0. The van der Waals surface area contributed by atoms with Crippen LogP contribution in [0.2, 0.25) is 0 Å². The molecule has 74 valence electrons. The first kappa shape index (κ1) is 11.0. The second-order valence-corrected chi connectivity index (χ2v) is 4.23. The molecule has 0 radical (unpaired) electrons.